The van der Waals surface area contributed by atoms with Gasteiger partial charge in [0.25, 0.3) is 17.6 Å². The highest BCUT2D eigenvalue weighted by atomic mass is 16.2. The number of fused-ring (bicyclic) bond motifs is 4. The molecule has 1 aliphatic heterocycles. The topological polar surface area (TPSA) is 59.6 Å². The Morgan fingerprint density at radius 1 is 0.591 bits per heavy atom. The highest BCUT2D eigenvalue weighted by Gasteiger charge is 2.39. The zero-order chi connectivity index (χ0) is 29.8. The van der Waals surface area contributed by atoms with E-state index in [0.717, 1.165) is 38.5 Å². The van der Waals surface area contributed by atoms with Crippen molar-refractivity contribution in [3.8, 4) is 28.1 Å². The largest absolute Gasteiger partial charge is 0.361 e. The number of amides is 2. The molecule has 6 heteroatoms. The Balaban J connectivity index is 1.32. The first kappa shape index (κ1) is 25.4. The van der Waals surface area contributed by atoms with Gasteiger partial charge >= 0.3 is 0 Å². The second kappa shape index (κ2) is 9.90. The van der Waals surface area contributed by atoms with Gasteiger partial charge < -0.3 is 9.41 Å². The van der Waals surface area contributed by atoms with E-state index in [1.165, 1.54) is 4.90 Å². The van der Waals surface area contributed by atoms with Crippen LogP contribution in [0.25, 0.3) is 54.7 Å². The molecule has 0 saturated heterocycles. The molecule has 0 spiro atoms. The molecule has 5 aromatic carbocycles. The molecule has 7 aromatic rings. The van der Waals surface area contributed by atoms with Crippen LogP contribution in [0.5, 0.6) is 0 Å². The molecule has 44 heavy (non-hydrogen) atoms. The van der Waals surface area contributed by atoms with Crippen molar-refractivity contribution in [2.45, 2.75) is 0 Å². The molecule has 0 unspecified atom stereocenters. The number of carbonyl (C=O) groups excluding carboxylic acids is 2. The van der Waals surface area contributed by atoms with Crippen LogP contribution in [0.15, 0.2) is 133 Å². The number of hydrogen-bond acceptors (Lipinski definition) is 3. The Labute approximate surface area is 252 Å². The Bertz CT molecular complexity index is 2350. The van der Waals surface area contributed by atoms with Crippen molar-refractivity contribution in [3.63, 3.8) is 0 Å². The second-order valence-corrected chi connectivity index (χ2v) is 10.6. The van der Waals surface area contributed by atoms with E-state index in [-0.39, 0.29) is 11.8 Å². The Kier molecular flexibility index (Phi) is 5.71. The lowest BCUT2D eigenvalue weighted by Gasteiger charge is -2.16. The molecule has 206 valence electrons. The average Bonchev–Trinajstić information content (AvgIpc) is 3.55. The highest BCUT2D eigenvalue weighted by molar-refractivity contribution is 6.36. The standard InChI is InChI=1S/C38H22N4O2/c1-39-35-19-9-16-31(40-35)26-20-21-29-28-14-5-6-17-32(28)42(34(29)23-26)33-18-8-15-30-36(33)38(44)41(37(30)43)27-13-7-12-25(22-27)24-10-3-2-4-11-24/h2-23H. The molecule has 3 heterocycles. The highest BCUT2D eigenvalue weighted by Crippen LogP contribution is 2.39. The maximum atomic E-state index is 14.3. The minimum Gasteiger partial charge on any atom is -0.361 e. The molecule has 0 fully saturated rings. The Hall–Kier alpha value is -6.32. The van der Waals surface area contributed by atoms with E-state index in [2.05, 4.69) is 20.5 Å². The molecule has 1 aliphatic rings. The summed E-state index contributed by atoms with van der Waals surface area (Å²) in [4.78, 5) is 37.4. The van der Waals surface area contributed by atoms with Crippen LogP contribution in [-0.4, -0.2) is 21.4 Å². The molecule has 6 nitrogen and oxygen atoms in total. The van der Waals surface area contributed by atoms with Crippen LogP contribution in [-0.2, 0) is 0 Å². The number of rotatable bonds is 4. The van der Waals surface area contributed by atoms with Crippen LogP contribution in [0, 0.1) is 6.57 Å². The lowest BCUT2D eigenvalue weighted by atomic mass is 10.0. The summed E-state index contributed by atoms with van der Waals surface area (Å²) >= 11 is 0. The van der Waals surface area contributed by atoms with E-state index in [9.17, 15) is 9.59 Å². The van der Waals surface area contributed by atoms with E-state index >= 15 is 0 Å². The maximum Gasteiger partial charge on any atom is 0.270 e. The van der Waals surface area contributed by atoms with Gasteiger partial charge in [-0.25, -0.2) is 4.90 Å². The molecular formula is C38H22N4O2. The molecular weight excluding hydrogens is 544 g/mol. The van der Waals surface area contributed by atoms with Crippen LogP contribution in [0.1, 0.15) is 20.7 Å². The van der Waals surface area contributed by atoms with Crippen LogP contribution in [0.2, 0.25) is 0 Å². The normalized spacial score (nSPS) is 12.6. The van der Waals surface area contributed by atoms with Crippen molar-refractivity contribution in [3.05, 3.63) is 156 Å². The number of carbonyl (C=O) groups is 2. The van der Waals surface area contributed by atoms with Crippen molar-refractivity contribution >= 4 is 45.1 Å². The van der Waals surface area contributed by atoms with Crippen molar-refractivity contribution in [1.29, 1.82) is 0 Å². The van der Waals surface area contributed by atoms with Crippen LogP contribution in [0.3, 0.4) is 0 Å². The number of hydrogen-bond donors (Lipinski definition) is 0. The Morgan fingerprint density at radius 2 is 1.34 bits per heavy atom. The second-order valence-electron chi connectivity index (χ2n) is 10.6. The van der Waals surface area contributed by atoms with Gasteiger partial charge in [-0.15, -0.1) is 4.98 Å². The van der Waals surface area contributed by atoms with Crippen molar-refractivity contribution in [2.24, 2.45) is 0 Å². The van der Waals surface area contributed by atoms with Gasteiger partial charge in [-0.1, -0.05) is 85.4 Å². The van der Waals surface area contributed by atoms with Crippen LogP contribution in [0.4, 0.5) is 11.5 Å². The first-order valence-electron chi connectivity index (χ1n) is 14.2. The van der Waals surface area contributed by atoms with Gasteiger partial charge in [-0.05, 0) is 65.7 Å². The summed E-state index contributed by atoms with van der Waals surface area (Å²) < 4.78 is 2.06. The van der Waals surface area contributed by atoms with Crippen LogP contribution >= 0.6 is 0 Å². The number of benzene rings is 5. The van der Waals surface area contributed by atoms with Crippen molar-refractivity contribution < 1.29 is 9.59 Å². The minimum absolute atomic E-state index is 0.324. The zero-order valence-electron chi connectivity index (χ0n) is 23.3. The van der Waals surface area contributed by atoms with Crippen LogP contribution < -0.4 is 4.90 Å². The third-order valence-corrected chi connectivity index (χ3v) is 8.16. The smallest absolute Gasteiger partial charge is 0.270 e. The summed E-state index contributed by atoms with van der Waals surface area (Å²) in [7, 11) is 0. The molecule has 2 aromatic heterocycles. The molecule has 0 atom stereocenters. The monoisotopic (exact) mass is 566 g/mol. The predicted octanol–water partition coefficient (Wildman–Crippen LogP) is 8.86. The average molecular weight is 567 g/mol. The third-order valence-electron chi connectivity index (χ3n) is 8.16. The summed E-state index contributed by atoms with van der Waals surface area (Å²) in [6, 6.07) is 42.4. The molecule has 0 saturated carbocycles. The van der Waals surface area contributed by atoms with E-state index in [1.807, 2.05) is 109 Å². The summed E-state index contributed by atoms with van der Waals surface area (Å²) in [6.07, 6.45) is 0. The van der Waals surface area contributed by atoms with E-state index in [1.54, 1.807) is 18.2 Å². The fourth-order valence-corrected chi connectivity index (χ4v) is 6.18. The molecule has 0 radical (unpaired) electrons. The number of nitrogens with zero attached hydrogens (tertiary/aromatic N) is 4. The predicted molar refractivity (Wildman–Crippen MR) is 173 cm³/mol. The molecule has 0 N–H and O–H groups in total. The fourth-order valence-electron chi connectivity index (χ4n) is 6.18. The maximum absolute atomic E-state index is 14.3. The first-order valence-corrected chi connectivity index (χ1v) is 14.2. The SMILES string of the molecule is [C-]#[N+]c1cccc(-c2ccc3c4ccccc4n(-c4cccc5c4C(=O)N(c4cccc(-c6ccccc6)c4)C5=O)c3c2)n1. The summed E-state index contributed by atoms with van der Waals surface area (Å²) in [6.45, 7) is 7.39. The number of anilines is 1. The number of imide groups is 1. The van der Waals surface area contributed by atoms with Gasteiger partial charge in [0.05, 0.1) is 33.5 Å². The lowest BCUT2D eigenvalue weighted by molar-refractivity contribution is 0.0926. The fraction of sp³-hybridized carbons (Fsp3) is 0. The van der Waals surface area contributed by atoms with Crippen molar-refractivity contribution in [2.75, 3.05) is 4.90 Å². The van der Waals surface area contributed by atoms with E-state index in [0.29, 0.717) is 34.0 Å². The number of para-hydroxylation sites is 1. The zero-order valence-corrected chi connectivity index (χ0v) is 23.3. The molecule has 2 amide bonds. The van der Waals surface area contributed by atoms with Gasteiger partial charge in [0.15, 0.2) is 5.69 Å². The molecule has 0 bridgehead atoms. The van der Waals surface area contributed by atoms with Gasteiger partial charge in [-0.3, -0.25) is 9.59 Å². The molecule has 0 aliphatic carbocycles. The van der Waals surface area contributed by atoms with E-state index < -0.39 is 0 Å². The number of aromatic nitrogens is 2. The summed E-state index contributed by atoms with van der Waals surface area (Å²) in [5, 5.41) is 2.03. The third kappa shape index (κ3) is 3.84. The summed E-state index contributed by atoms with van der Waals surface area (Å²) in [5.41, 5.74) is 7.14. The number of pyridine rings is 1. The first-order chi connectivity index (χ1) is 21.6. The van der Waals surface area contributed by atoms with Crippen molar-refractivity contribution in [1.82, 2.24) is 9.55 Å². The lowest BCUT2D eigenvalue weighted by Crippen LogP contribution is -2.29. The van der Waals surface area contributed by atoms with Gasteiger partial charge in [0.2, 0.25) is 0 Å². The van der Waals surface area contributed by atoms with E-state index in [4.69, 9.17) is 6.57 Å². The summed E-state index contributed by atoms with van der Waals surface area (Å²) in [5.74, 6) is -0.387. The van der Waals surface area contributed by atoms with Gasteiger partial charge in [0, 0.05) is 16.3 Å². The minimum atomic E-state index is -0.362. The Morgan fingerprint density at radius 3 is 2.20 bits per heavy atom. The quantitative estimate of drug-likeness (QED) is 0.158. The van der Waals surface area contributed by atoms with Gasteiger partial charge in [0.1, 0.15) is 0 Å². The molecule has 8 rings (SSSR count). The van der Waals surface area contributed by atoms with Gasteiger partial charge in [-0.2, -0.15) is 0 Å².